The fraction of sp³-hybridized carbons (Fsp3) is 0.235. The van der Waals surface area contributed by atoms with E-state index in [-0.39, 0.29) is 11.7 Å². The summed E-state index contributed by atoms with van der Waals surface area (Å²) in [4.78, 5) is 16.8. The van der Waals surface area contributed by atoms with Crippen LogP contribution in [0.15, 0.2) is 30.3 Å². The van der Waals surface area contributed by atoms with E-state index in [9.17, 15) is 9.18 Å². The zero-order valence-corrected chi connectivity index (χ0v) is 13.4. The lowest BCUT2D eigenvalue weighted by atomic mass is 10.1. The first-order valence-corrected chi connectivity index (χ1v) is 7.44. The molecule has 0 aliphatic carbocycles. The average molecular weight is 328 g/mol. The highest BCUT2D eigenvalue weighted by atomic mass is 19.1. The van der Waals surface area contributed by atoms with Crippen LogP contribution >= 0.6 is 0 Å². The third kappa shape index (κ3) is 3.41. The molecule has 0 aliphatic rings. The van der Waals surface area contributed by atoms with Crippen molar-refractivity contribution in [2.45, 2.75) is 20.1 Å². The number of carbonyl (C=O) groups excluding carboxylic acids is 1. The maximum absolute atomic E-state index is 13.4. The van der Waals surface area contributed by atoms with Crippen molar-refractivity contribution >= 4 is 16.8 Å². The number of aryl methyl sites for hydroxylation is 1. The van der Waals surface area contributed by atoms with Gasteiger partial charge < -0.3 is 10.1 Å². The molecule has 2 N–H and O–H groups in total. The fourth-order valence-corrected chi connectivity index (χ4v) is 2.51. The number of halogens is 1. The maximum atomic E-state index is 13.4. The predicted octanol–water partition coefficient (Wildman–Crippen LogP) is 2.48. The first-order chi connectivity index (χ1) is 11.6. The van der Waals surface area contributed by atoms with E-state index in [1.54, 1.807) is 26.2 Å². The number of fused-ring (bicyclic) bond motifs is 1. The molecule has 0 bridgehead atoms. The molecule has 3 rings (SSSR count). The molecule has 0 saturated heterocycles. The van der Waals surface area contributed by atoms with Gasteiger partial charge in [-0.25, -0.2) is 4.39 Å². The van der Waals surface area contributed by atoms with Gasteiger partial charge in [-0.2, -0.15) is 5.10 Å². The number of hydrogen-bond donors (Lipinski definition) is 2. The van der Waals surface area contributed by atoms with E-state index >= 15 is 0 Å². The number of benzene rings is 1. The molecule has 0 atom stereocenters. The molecule has 3 aromatic rings. The van der Waals surface area contributed by atoms with E-state index in [1.807, 2.05) is 6.07 Å². The molecule has 0 unspecified atom stereocenters. The van der Waals surface area contributed by atoms with Gasteiger partial charge in [0.15, 0.2) is 0 Å². The largest absolute Gasteiger partial charge is 0.378 e. The summed E-state index contributed by atoms with van der Waals surface area (Å²) in [7, 11) is 1.59. The quantitative estimate of drug-likeness (QED) is 0.754. The van der Waals surface area contributed by atoms with E-state index < -0.39 is 0 Å². The molecule has 0 aliphatic heterocycles. The zero-order valence-electron chi connectivity index (χ0n) is 13.4. The number of aromatic nitrogens is 3. The van der Waals surface area contributed by atoms with Crippen LogP contribution in [-0.2, 0) is 17.9 Å². The van der Waals surface area contributed by atoms with Crippen LogP contribution in [0.4, 0.5) is 4.39 Å². The number of carbonyl (C=O) groups is 1. The van der Waals surface area contributed by atoms with Crippen LogP contribution in [0.3, 0.4) is 0 Å². The molecule has 124 valence electrons. The Hall–Kier alpha value is -2.80. The maximum Gasteiger partial charge on any atom is 0.252 e. The number of pyridine rings is 1. The van der Waals surface area contributed by atoms with Gasteiger partial charge in [-0.05, 0) is 31.2 Å². The van der Waals surface area contributed by atoms with Gasteiger partial charge in [-0.1, -0.05) is 0 Å². The fourth-order valence-electron chi connectivity index (χ4n) is 2.51. The van der Waals surface area contributed by atoms with Gasteiger partial charge in [0.2, 0.25) is 0 Å². The highest BCUT2D eigenvalue weighted by molar-refractivity contribution is 6.06. The molecule has 2 aromatic heterocycles. The van der Waals surface area contributed by atoms with Gasteiger partial charge in [-0.15, -0.1) is 0 Å². The molecule has 0 fully saturated rings. The Morgan fingerprint density at radius 3 is 2.96 bits per heavy atom. The predicted molar refractivity (Wildman–Crippen MR) is 86.9 cm³/mol. The minimum Gasteiger partial charge on any atom is -0.378 e. The number of rotatable bonds is 5. The second-order valence-corrected chi connectivity index (χ2v) is 5.47. The summed E-state index contributed by atoms with van der Waals surface area (Å²) in [6.45, 7) is 2.48. The molecule has 0 saturated carbocycles. The third-order valence-corrected chi connectivity index (χ3v) is 3.56. The molecule has 6 nitrogen and oxygen atoms in total. The molecule has 1 aromatic carbocycles. The van der Waals surface area contributed by atoms with Crippen molar-refractivity contribution in [1.29, 1.82) is 0 Å². The Morgan fingerprint density at radius 2 is 2.17 bits per heavy atom. The van der Waals surface area contributed by atoms with Gasteiger partial charge >= 0.3 is 0 Å². The first-order valence-electron chi connectivity index (χ1n) is 7.44. The molecule has 1 amide bonds. The molecule has 7 heteroatoms. The lowest BCUT2D eigenvalue weighted by Crippen LogP contribution is -2.23. The number of nitrogens with zero attached hydrogens (tertiary/aromatic N) is 2. The van der Waals surface area contributed by atoms with E-state index in [0.717, 1.165) is 11.4 Å². The van der Waals surface area contributed by atoms with Gasteiger partial charge in [0, 0.05) is 24.3 Å². The van der Waals surface area contributed by atoms with Crippen LogP contribution in [0.25, 0.3) is 10.9 Å². The molecule has 0 radical (unpaired) electrons. The number of aromatic amines is 1. The standard InChI is InChI=1S/C17H17FN4O2/c1-10-5-15(14-4-3-11(18)6-16(14)20-10)17(23)19-8-12-7-13(9-24-2)22-21-12/h3-7H,8-9H2,1-2H3,(H,19,23)(H,21,22). The Morgan fingerprint density at radius 1 is 1.33 bits per heavy atom. The molecule has 0 spiro atoms. The topological polar surface area (TPSA) is 79.9 Å². The summed E-state index contributed by atoms with van der Waals surface area (Å²) in [5.41, 5.74) is 3.12. The second-order valence-electron chi connectivity index (χ2n) is 5.47. The van der Waals surface area contributed by atoms with Crippen LogP contribution in [0.2, 0.25) is 0 Å². The third-order valence-electron chi connectivity index (χ3n) is 3.56. The van der Waals surface area contributed by atoms with Gasteiger partial charge in [0.1, 0.15) is 5.82 Å². The smallest absolute Gasteiger partial charge is 0.252 e. The van der Waals surface area contributed by atoms with Crippen molar-refractivity contribution in [3.8, 4) is 0 Å². The first kappa shape index (κ1) is 16.1. The van der Waals surface area contributed by atoms with Crippen molar-refractivity contribution in [3.05, 3.63) is 58.8 Å². The minimum absolute atomic E-state index is 0.250. The molecular formula is C17H17FN4O2. The summed E-state index contributed by atoms with van der Waals surface area (Å²) >= 11 is 0. The lowest BCUT2D eigenvalue weighted by molar-refractivity contribution is 0.0952. The minimum atomic E-state index is -0.380. The highest BCUT2D eigenvalue weighted by Gasteiger charge is 2.13. The molecular weight excluding hydrogens is 311 g/mol. The summed E-state index contributed by atoms with van der Waals surface area (Å²) in [5.74, 6) is -0.630. The van der Waals surface area contributed by atoms with Gasteiger partial charge in [0.25, 0.3) is 5.91 Å². The van der Waals surface area contributed by atoms with Crippen LogP contribution < -0.4 is 5.32 Å². The van der Waals surface area contributed by atoms with Crippen molar-refractivity contribution in [2.75, 3.05) is 7.11 Å². The lowest BCUT2D eigenvalue weighted by Gasteiger charge is -2.08. The average Bonchev–Trinajstić information content (AvgIpc) is 2.99. The van der Waals surface area contributed by atoms with Gasteiger partial charge in [-0.3, -0.25) is 14.9 Å². The number of ether oxygens (including phenoxy) is 1. The number of methoxy groups -OCH3 is 1. The van der Waals surface area contributed by atoms with Crippen LogP contribution in [0.5, 0.6) is 0 Å². The molecule has 24 heavy (non-hydrogen) atoms. The van der Waals surface area contributed by atoms with Crippen molar-refractivity contribution in [2.24, 2.45) is 0 Å². The number of hydrogen-bond acceptors (Lipinski definition) is 4. The zero-order chi connectivity index (χ0) is 17.1. The van der Waals surface area contributed by atoms with Crippen LogP contribution in [0, 0.1) is 12.7 Å². The van der Waals surface area contributed by atoms with Crippen LogP contribution in [-0.4, -0.2) is 28.2 Å². The Labute approximate surface area is 138 Å². The summed E-state index contributed by atoms with van der Waals surface area (Å²) < 4.78 is 18.4. The van der Waals surface area contributed by atoms with Crippen LogP contribution in [0.1, 0.15) is 27.4 Å². The van der Waals surface area contributed by atoms with Crippen molar-refractivity contribution < 1.29 is 13.9 Å². The van der Waals surface area contributed by atoms with E-state index in [4.69, 9.17) is 4.74 Å². The van der Waals surface area contributed by atoms with E-state index in [2.05, 4.69) is 20.5 Å². The van der Waals surface area contributed by atoms with Crippen molar-refractivity contribution in [3.63, 3.8) is 0 Å². The van der Waals surface area contributed by atoms with E-state index in [1.165, 1.54) is 12.1 Å². The SMILES string of the molecule is COCc1cc(CNC(=O)c2cc(C)nc3cc(F)ccc23)[nH]n1. The van der Waals surface area contributed by atoms with Crippen molar-refractivity contribution in [1.82, 2.24) is 20.5 Å². The normalized spacial score (nSPS) is 11.0. The highest BCUT2D eigenvalue weighted by Crippen LogP contribution is 2.19. The summed E-state index contributed by atoms with van der Waals surface area (Å²) in [6.07, 6.45) is 0. The summed E-state index contributed by atoms with van der Waals surface area (Å²) in [6, 6.07) is 7.74. The Bertz CT molecular complexity index is 886. The van der Waals surface area contributed by atoms with Gasteiger partial charge in [0.05, 0.1) is 35.6 Å². The number of H-pyrrole nitrogens is 1. The monoisotopic (exact) mass is 328 g/mol. The molecule has 2 heterocycles. The number of amides is 1. The Balaban J connectivity index is 1.80. The second kappa shape index (κ2) is 6.76. The number of nitrogens with one attached hydrogen (secondary N) is 2. The Kier molecular flexibility index (Phi) is 4.52. The van der Waals surface area contributed by atoms with E-state index in [0.29, 0.717) is 35.3 Å². The summed E-state index contributed by atoms with van der Waals surface area (Å²) in [5, 5.41) is 10.4.